The second kappa shape index (κ2) is 6.81. The molecule has 0 aliphatic carbocycles. The molecule has 1 saturated heterocycles. The molecular formula is C17H23N3O2. The molecule has 0 bridgehead atoms. The van der Waals surface area contributed by atoms with Crippen LogP contribution < -0.4 is 10.6 Å². The molecule has 2 heterocycles. The zero-order chi connectivity index (χ0) is 15.4. The van der Waals surface area contributed by atoms with Gasteiger partial charge in [-0.2, -0.15) is 0 Å². The first-order valence-corrected chi connectivity index (χ1v) is 8.17. The number of benzene rings is 1. The van der Waals surface area contributed by atoms with E-state index in [1.807, 2.05) is 23.1 Å². The second-order valence-corrected chi connectivity index (χ2v) is 5.99. The number of fused-ring (bicyclic) bond motifs is 1. The van der Waals surface area contributed by atoms with Gasteiger partial charge in [-0.25, -0.2) is 0 Å². The Hall–Kier alpha value is -2.04. The maximum atomic E-state index is 12.4. The van der Waals surface area contributed by atoms with Gasteiger partial charge < -0.3 is 15.5 Å². The van der Waals surface area contributed by atoms with Gasteiger partial charge >= 0.3 is 0 Å². The molecule has 3 rings (SSSR count). The lowest BCUT2D eigenvalue weighted by atomic mass is 9.97. The number of nitrogens with zero attached hydrogens (tertiary/aromatic N) is 1. The lowest BCUT2D eigenvalue weighted by Crippen LogP contribution is -2.42. The largest absolute Gasteiger partial charge is 0.385 e. The van der Waals surface area contributed by atoms with Crippen molar-refractivity contribution in [3.63, 3.8) is 0 Å². The van der Waals surface area contributed by atoms with Crippen LogP contribution in [0.5, 0.6) is 0 Å². The molecule has 5 nitrogen and oxygen atoms in total. The van der Waals surface area contributed by atoms with Gasteiger partial charge in [-0.3, -0.25) is 9.59 Å². The Morgan fingerprint density at radius 3 is 2.77 bits per heavy atom. The first kappa shape index (κ1) is 14.9. The minimum atomic E-state index is -0.147. The van der Waals surface area contributed by atoms with Crippen LogP contribution in [0.15, 0.2) is 18.2 Å². The second-order valence-electron chi connectivity index (χ2n) is 5.99. The summed E-state index contributed by atoms with van der Waals surface area (Å²) in [5.41, 5.74) is 2.80. The van der Waals surface area contributed by atoms with Gasteiger partial charge in [0.1, 0.15) is 0 Å². The normalized spacial score (nSPS) is 17.4. The van der Waals surface area contributed by atoms with E-state index in [2.05, 4.69) is 10.6 Å². The summed E-state index contributed by atoms with van der Waals surface area (Å²) >= 11 is 0. The molecule has 1 aromatic rings. The molecule has 0 spiro atoms. The van der Waals surface area contributed by atoms with Crippen LogP contribution >= 0.6 is 0 Å². The van der Waals surface area contributed by atoms with Gasteiger partial charge in [-0.15, -0.1) is 0 Å². The Balaban J connectivity index is 1.61. The number of carbonyl (C=O) groups excluding carboxylic acids is 2. The standard InChI is InChI=1S/C17H23N3O2/c21-16(20-10-2-1-3-11-20)12-19-17(22)14-6-4-8-15-13(14)7-5-9-18-15/h4,6,8,18H,1-3,5,7,9-12H2,(H,19,22). The summed E-state index contributed by atoms with van der Waals surface area (Å²) in [6.45, 7) is 2.68. The highest BCUT2D eigenvalue weighted by molar-refractivity contribution is 5.99. The van der Waals surface area contributed by atoms with E-state index in [1.54, 1.807) is 0 Å². The fourth-order valence-corrected chi connectivity index (χ4v) is 3.23. The number of nitrogens with one attached hydrogen (secondary N) is 2. The van der Waals surface area contributed by atoms with Crippen molar-refractivity contribution < 1.29 is 9.59 Å². The highest BCUT2D eigenvalue weighted by atomic mass is 16.2. The predicted octanol–water partition coefficient (Wildman–Crippen LogP) is 1.79. The number of anilines is 1. The monoisotopic (exact) mass is 301 g/mol. The molecule has 5 heteroatoms. The SMILES string of the molecule is O=C(NCC(=O)N1CCCCC1)c1cccc2c1CCCN2. The van der Waals surface area contributed by atoms with Gasteiger partial charge in [0.25, 0.3) is 5.91 Å². The average Bonchev–Trinajstić information content (AvgIpc) is 2.59. The maximum Gasteiger partial charge on any atom is 0.252 e. The van der Waals surface area contributed by atoms with Crippen molar-refractivity contribution in [2.75, 3.05) is 31.5 Å². The van der Waals surface area contributed by atoms with E-state index in [1.165, 1.54) is 6.42 Å². The summed E-state index contributed by atoms with van der Waals surface area (Å²) in [5, 5.41) is 6.11. The van der Waals surface area contributed by atoms with Crippen LogP contribution in [0.25, 0.3) is 0 Å². The quantitative estimate of drug-likeness (QED) is 0.895. The lowest BCUT2D eigenvalue weighted by molar-refractivity contribution is -0.130. The molecule has 2 N–H and O–H groups in total. The van der Waals surface area contributed by atoms with E-state index in [-0.39, 0.29) is 18.4 Å². The highest BCUT2D eigenvalue weighted by Gasteiger charge is 2.20. The van der Waals surface area contributed by atoms with Gasteiger partial charge in [-0.1, -0.05) is 6.07 Å². The summed E-state index contributed by atoms with van der Waals surface area (Å²) in [5.74, 6) is -0.123. The molecule has 1 fully saturated rings. The molecule has 22 heavy (non-hydrogen) atoms. The van der Waals surface area contributed by atoms with E-state index in [0.29, 0.717) is 5.56 Å². The van der Waals surface area contributed by atoms with Crippen molar-refractivity contribution in [1.82, 2.24) is 10.2 Å². The summed E-state index contributed by atoms with van der Waals surface area (Å²) in [6.07, 6.45) is 5.27. The van der Waals surface area contributed by atoms with Crippen LogP contribution in [-0.4, -0.2) is 42.9 Å². The van der Waals surface area contributed by atoms with Crippen molar-refractivity contribution in [1.29, 1.82) is 0 Å². The Morgan fingerprint density at radius 2 is 1.95 bits per heavy atom. The Labute approximate surface area is 131 Å². The number of carbonyl (C=O) groups is 2. The topological polar surface area (TPSA) is 61.4 Å². The van der Waals surface area contributed by atoms with Crippen molar-refractivity contribution in [2.45, 2.75) is 32.1 Å². The molecule has 0 saturated carbocycles. The molecule has 118 valence electrons. The van der Waals surface area contributed by atoms with Gasteiger partial charge in [0.15, 0.2) is 0 Å². The van der Waals surface area contributed by atoms with Crippen molar-refractivity contribution in [2.24, 2.45) is 0 Å². The van der Waals surface area contributed by atoms with Crippen LogP contribution in [0.4, 0.5) is 5.69 Å². The smallest absolute Gasteiger partial charge is 0.252 e. The molecule has 2 aliphatic heterocycles. The average molecular weight is 301 g/mol. The third-order valence-corrected chi connectivity index (χ3v) is 4.45. The Morgan fingerprint density at radius 1 is 1.14 bits per heavy atom. The number of likely N-dealkylation sites (tertiary alicyclic amines) is 1. The van der Waals surface area contributed by atoms with E-state index in [4.69, 9.17) is 0 Å². The van der Waals surface area contributed by atoms with Crippen LogP contribution in [0.1, 0.15) is 41.6 Å². The van der Waals surface area contributed by atoms with Gasteiger partial charge in [-0.05, 0) is 49.8 Å². The van der Waals surface area contributed by atoms with Crippen LogP contribution in [0.3, 0.4) is 0 Å². The fourth-order valence-electron chi connectivity index (χ4n) is 3.23. The molecule has 2 aliphatic rings. The highest BCUT2D eigenvalue weighted by Crippen LogP contribution is 2.25. The van der Waals surface area contributed by atoms with Crippen molar-refractivity contribution in [3.8, 4) is 0 Å². The van der Waals surface area contributed by atoms with Crippen LogP contribution in [0.2, 0.25) is 0 Å². The van der Waals surface area contributed by atoms with Crippen LogP contribution in [-0.2, 0) is 11.2 Å². The van der Waals surface area contributed by atoms with Gasteiger partial charge in [0.05, 0.1) is 6.54 Å². The van der Waals surface area contributed by atoms with Gasteiger partial charge in [0.2, 0.25) is 5.91 Å². The lowest BCUT2D eigenvalue weighted by Gasteiger charge is -2.27. The fraction of sp³-hybridized carbons (Fsp3) is 0.529. The molecule has 0 radical (unpaired) electrons. The molecule has 0 unspecified atom stereocenters. The van der Waals surface area contributed by atoms with E-state index in [0.717, 1.165) is 56.6 Å². The summed E-state index contributed by atoms with van der Waals surface area (Å²) in [7, 11) is 0. The number of hydrogen-bond acceptors (Lipinski definition) is 3. The first-order chi connectivity index (χ1) is 10.8. The Kier molecular flexibility index (Phi) is 4.61. The summed E-state index contributed by atoms with van der Waals surface area (Å²) < 4.78 is 0. The first-order valence-electron chi connectivity index (χ1n) is 8.17. The molecule has 2 amide bonds. The molecule has 0 aromatic heterocycles. The van der Waals surface area contributed by atoms with Crippen molar-refractivity contribution in [3.05, 3.63) is 29.3 Å². The number of piperidine rings is 1. The van der Waals surface area contributed by atoms with Gasteiger partial charge in [0, 0.05) is 30.9 Å². The zero-order valence-corrected chi connectivity index (χ0v) is 12.9. The third kappa shape index (κ3) is 3.24. The van der Waals surface area contributed by atoms with E-state index in [9.17, 15) is 9.59 Å². The summed E-state index contributed by atoms with van der Waals surface area (Å²) in [6, 6.07) is 5.73. The maximum absolute atomic E-state index is 12.4. The molecule has 0 atom stereocenters. The minimum Gasteiger partial charge on any atom is -0.385 e. The molecule has 1 aromatic carbocycles. The third-order valence-electron chi connectivity index (χ3n) is 4.45. The predicted molar refractivity (Wildman–Crippen MR) is 86.0 cm³/mol. The Bertz CT molecular complexity index is 565. The number of hydrogen-bond donors (Lipinski definition) is 2. The van der Waals surface area contributed by atoms with E-state index >= 15 is 0 Å². The van der Waals surface area contributed by atoms with E-state index < -0.39 is 0 Å². The summed E-state index contributed by atoms with van der Waals surface area (Å²) in [4.78, 5) is 26.4. The number of amides is 2. The zero-order valence-electron chi connectivity index (χ0n) is 12.9. The molecular weight excluding hydrogens is 278 g/mol. The number of rotatable bonds is 3. The van der Waals surface area contributed by atoms with Crippen LogP contribution in [0, 0.1) is 0 Å². The van der Waals surface area contributed by atoms with Crippen molar-refractivity contribution >= 4 is 17.5 Å². The minimum absolute atomic E-state index is 0.0240.